The highest BCUT2D eigenvalue weighted by Crippen LogP contribution is 2.21. The summed E-state index contributed by atoms with van der Waals surface area (Å²) in [6.45, 7) is 2.80. The summed E-state index contributed by atoms with van der Waals surface area (Å²) in [5.74, 6) is 0. The van der Waals surface area contributed by atoms with E-state index in [9.17, 15) is 8.78 Å². The molecule has 0 N–H and O–H groups in total. The molecule has 1 unspecified atom stereocenters. The van der Waals surface area contributed by atoms with E-state index in [0.717, 1.165) is 24.8 Å². The fraction of sp³-hybridized carbons (Fsp3) is 0.273. The van der Waals surface area contributed by atoms with Gasteiger partial charge >= 0.3 is 0 Å². The normalized spacial score (nSPS) is 12.4. The van der Waals surface area contributed by atoms with Crippen LogP contribution in [0.5, 0.6) is 0 Å². The fourth-order valence-corrected chi connectivity index (χ4v) is 2.60. The summed E-state index contributed by atoms with van der Waals surface area (Å²) in [7, 11) is 0. The predicted molar refractivity (Wildman–Crippen MR) is 99.5 cm³/mol. The molecule has 0 aliphatic carbocycles. The summed E-state index contributed by atoms with van der Waals surface area (Å²) in [6, 6.07) is 16.8. The maximum absolute atomic E-state index is 12.8. The first-order valence-electron chi connectivity index (χ1n) is 8.41. The Morgan fingerprint density at radius 1 is 0.917 bits per heavy atom. The van der Waals surface area contributed by atoms with Crippen LogP contribution in [0.3, 0.4) is 0 Å². The molecule has 0 fully saturated rings. The van der Waals surface area contributed by atoms with Gasteiger partial charge in [0.15, 0.2) is 0 Å². The van der Waals surface area contributed by atoms with Crippen molar-refractivity contribution >= 4 is 6.08 Å². The monoisotopic (exact) mass is 326 g/mol. The van der Waals surface area contributed by atoms with Gasteiger partial charge in [0.1, 0.15) is 12.8 Å². The van der Waals surface area contributed by atoms with Crippen LogP contribution in [-0.4, -0.2) is 12.8 Å². The Balaban J connectivity index is 1.89. The lowest BCUT2D eigenvalue weighted by Crippen LogP contribution is -2.02. The molecular weight excluding hydrogens is 302 g/mol. The standard InChI is InChI=1S/C22H24F2/c1-2-3-6-18-9-13-20(14-10-18)21-15-11-19(12-16-21)7-4-5-8-22(24)17-23/h2-3,6,9-16,22H,1,4-5,7-8,17H2/b6-3+. The van der Waals surface area contributed by atoms with E-state index in [1.165, 1.54) is 16.7 Å². The molecule has 126 valence electrons. The van der Waals surface area contributed by atoms with Gasteiger partial charge in [-0.3, -0.25) is 0 Å². The molecule has 0 aliphatic heterocycles. The molecule has 2 rings (SSSR count). The molecule has 0 heterocycles. The van der Waals surface area contributed by atoms with Crippen LogP contribution < -0.4 is 0 Å². The van der Waals surface area contributed by atoms with Gasteiger partial charge in [-0.25, -0.2) is 8.78 Å². The highest BCUT2D eigenvalue weighted by atomic mass is 19.2. The fourth-order valence-electron chi connectivity index (χ4n) is 2.60. The van der Waals surface area contributed by atoms with E-state index in [1.54, 1.807) is 6.08 Å². The number of halogens is 2. The van der Waals surface area contributed by atoms with Gasteiger partial charge in [0, 0.05) is 0 Å². The second-order valence-corrected chi connectivity index (χ2v) is 5.91. The Bertz CT molecular complexity index is 639. The van der Waals surface area contributed by atoms with Gasteiger partial charge in [-0.1, -0.05) is 79.8 Å². The Labute approximate surface area is 143 Å². The molecule has 0 saturated heterocycles. The number of alkyl halides is 2. The van der Waals surface area contributed by atoms with E-state index < -0.39 is 12.8 Å². The van der Waals surface area contributed by atoms with Crippen molar-refractivity contribution in [2.45, 2.75) is 31.9 Å². The summed E-state index contributed by atoms with van der Waals surface area (Å²) < 4.78 is 24.9. The Hall–Kier alpha value is -2.22. The van der Waals surface area contributed by atoms with Crippen LogP contribution >= 0.6 is 0 Å². The van der Waals surface area contributed by atoms with Crippen molar-refractivity contribution < 1.29 is 8.78 Å². The van der Waals surface area contributed by atoms with Crippen LogP contribution in [0.2, 0.25) is 0 Å². The summed E-state index contributed by atoms with van der Waals surface area (Å²) in [5, 5.41) is 0. The van der Waals surface area contributed by atoms with Gasteiger partial charge in [0.25, 0.3) is 0 Å². The minimum Gasteiger partial charge on any atom is -0.248 e. The van der Waals surface area contributed by atoms with Gasteiger partial charge in [0.05, 0.1) is 0 Å². The molecule has 0 amide bonds. The number of aryl methyl sites for hydroxylation is 1. The lowest BCUT2D eigenvalue weighted by Gasteiger charge is -2.06. The van der Waals surface area contributed by atoms with Crippen LogP contribution in [0.4, 0.5) is 8.78 Å². The molecule has 0 saturated carbocycles. The molecule has 0 nitrogen and oxygen atoms in total. The average molecular weight is 326 g/mol. The summed E-state index contributed by atoms with van der Waals surface area (Å²) in [6.07, 6.45) is 7.25. The minimum atomic E-state index is -1.29. The zero-order valence-corrected chi connectivity index (χ0v) is 13.9. The number of unbranched alkanes of at least 4 members (excludes halogenated alkanes) is 1. The Morgan fingerprint density at radius 2 is 1.54 bits per heavy atom. The number of hydrogen-bond acceptors (Lipinski definition) is 0. The Morgan fingerprint density at radius 3 is 2.12 bits per heavy atom. The molecule has 0 bridgehead atoms. The molecule has 0 aliphatic rings. The maximum atomic E-state index is 12.8. The molecule has 24 heavy (non-hydrogen) atoms. The molecule has 2 aromatic carbocycles. The van der Waals surface area contributed by atoms with Crippen molar-refractivity contribution in [1.82, 2.24) is 0 Å². The number of rotatable bonds is 9. The van der Waals surface area contributed by atoms with E-state index in [2.05, 4.69) is 55.1 Å². The van der Waals surface area contributed by atoms with Crippen molar-refractivity contribution in [3.05, 3.63) is 78.4 Å². The van der Waals surface area contributed by atoms with Gasteiger partial charge in [-0.05, 0) is 41.5 Å². The van der Waals surface area contributed by atoms with E-state index in [0.29, 0.717) is 6.42 Å². The van der Waals surface area contributed by atoms with Crippen molar-refractivity contribution in [2.75, 3.05) is 6.67 Å². The van der Waals surface area contributed by atoms with Crippen molar-refractivity contribution in [1.29, 1.82) is 0 Å². The maximum Gasteiger partial charge on any atom is 0.128 e. The molecule has 2 heteroatoms. The molecular formula is C22H24F2. The lowest BCUT2D eigenvalue weighted by atomic mass is 10.00. The van der Waals surface area contributed by atoms with E-state index in [4.69, 9.17) is 0 Å². The minimum absolute atomic E-state index is 0.321. The first-order chi connectivity index (χ1) is 11.7. The van der Waals surface area contributed by atoms with Crippen LogP contribution in [0.25, 0.3) is 17.2 Å². The first-order valence-corrected chi connectivity index (χ1v) is 8.41. The van der Waals surface area contributed by atoms with Crippen molar-refractivity contribution in [3.8, 4) is 11.1 Å². The highest BCUT2D eigenvalue weighted by molar-refractivity contribution is 5.66. The van der Waals surface area contributed by atoms with Crippen LogP contribution in [0.1, 0.15) is 30.4 Å². The lowest BCUT2D eigenvalue weighted by molar-refractivity contribution is 0.242. The summed E-state index contributed by atoms with van der Waals surface area (Å²) >= 11 is 0. The topological polar surface area (TPSA) is 0 Å². The van der Waals surface area contributed by atoms with Crippen LogP contribution in [0, 0.1) is 0 Å². The van der Waals surface area contributed by atoms with E-state index >= 15 is 0 Å². The van der Waals surface area contributed by atoms with E-state index in [-0.39, 0.29) is 0 Å². The van der Waals surface area contributed by atoms with Crippen LogP contribution in [0.15, 0.2) is 67.3 Å². The zero-order valence-electron chi connectivity index (χ0n) is 13.9. The van der Waals surface area contributed by atoms with Gasteiger partial charge in [-0.15, -0.1) is 0 Å². The second-order valence-electron chi connectivity index (χ2n) is 5.91. The molecule has 1 atom stereocenters. The van der Waals surface area contributed by atoms with Gasteiger partial charge < -0.3 is 0 Å². The SMILES string of the molecule is C=C/C=C/c1ccc(-c2ccc(CCCCC(F)CF)cc2)cc1. The third-order valence-corrected chi connectivity index (χ3v) is 4.02. The highest BCUT2D eigenvalue weighted by Gasteiger charge is 2.04. The predicted octanol–water partition coefficient (Wildman–Crippen LogP) is 6.57. The molecule has 0 spiro atoms. The van der Waals surface area contributed by atoms with Crippen molar-refractivity contribution in [3.63, 3.8) is 0 Å². The van der Waals surface area contributed by atoms with Crippen LogP contribution in [-0.2, 0) is 6.42 Å². The first kappa shape index (κ1) is 18.1. The van der Waals surface area contributed by atoms with Gasteiger partial charge in [-0.2, -0.15) is 0 Å². The third-order valence-electron chi connectivity index (χ3n) is 4.02. The quantitative estimate of drug-likeness (QED) is 0.361. The smallest absolute Gasteiger partial charge is 0.128 e. The summed E-state index contributed by atoms with van der Waals surface area (Å²) in [5.41, 5.74) is 4.74. The third kappa shape index (κ3) is 5.77. The number of hydrogen-bond donors (Lipinski definition) is 0. The zero-order chi connectivity index (χ0) is 17.2. The van der Waals surface area contributed by atoms with E-state index in [1.807, 2.05) is 12.2 Å². The average Bonchev–Trinajstić information content (AvgIpc) is 2.64. The number of benzene rings is 2. The second kappa shape index (κ2) is 9.82. The molecule has 2 aromatic rings. The number of allylic oxidation sites excluding steroid dienone is 2. The molecule has 0 aromatic heterocycles. The summed E-state index contributed by atoms with van der Waals surface area (Å²) in [4.78, 5) is 0. The largest absolute Gasteiger partial charge is 0.248 e. The van der Waals surface area contributed by atoms with Crippen molar-refractivity contribution in [2.24, 2.45) is 0 Å². The molecule has 0 radical (unpaired) electrons. The Kier molecular flexibility index (Phi) is 7.41. The van der Waals surface area contributed by atoms with Gasteiger partial charge in [0.2, 0.25) is 0 Å².